The summed E-state index contributed by atoms with van der Waals surface area (Å²) in [6.07, 6.45) is 0.190. The van der Waals surface area contributed by atoms with Crippen LogP contribution in [0.5, 0.6) is 0 Å². The molecule has 70 valence electrons. The maximum Gasteiger partial charge on any atom is 0.247 e. The van der Waals surface area contributed by atoms with E-state index in [1.54, 1.807) is 5.48 Å². The fourth-order valence-corrected chi connectivity index (χ4v) is 1.40. The van der Waals surface area contributed by atoms with E-state index in [1.165, 1.54) is 0 Å². The number of carbonyl (C=O) groups excluding carboxylic acids is 1. The van der Waals surface area contributed by atoms with Crippen LogP contribution in [0.25, 0.3) is 0 Å². The van der Waals surface area contributed by atoms with Crippen LogP contribution >= 0.6 is 15.9 Å². The normalized spacial score (nSPS) is 9.77. The van der Waals surface area contributed by atoms with Gasteiger partial charge in [0.2, 0.25) is 5.91 Å². The molecule has 1 aromatic carbocycles. The van der Waals surface area contributed by atoms with Gasteiger partial charge >= 0.3 is 0 Å². The molecule has 4 heteroatoms. The molecule has 0 saturated carbocycles. The summed E-state index contributed by atoms with van der Waals surface area (Å²) in [4.78, 5) is 10.8. The molecule has 1 rings (SSSR count). The van der Waals surface area contributed by atoms with E-state index in [4.69, 9.17) is 5.21 Å². The summed E-state index contributed by atoms with van der Waals surface area (Å²) < 4.78 is 0.968. The lowest BCUT2D eigenvalue weighted by atomic mass is 10.1. The zero-order valence-electron chi connectivity index (χ0n) is 7.17. The van der Waals surface area contributed by atoms with Gasteiger partial charge in [-0.1, -0.05) is 28.1 Å². The second-order valence-electron chi connectivity index (χ2n) is 2.80. The van der Waals surface area contributed by atoms with Crippen molar-refractivity contribution < 1.29 is 10.0 Å². The molecule has 3 nitrogen and oxygen atoms in total. The fraction of sp³-hybridized carbons (Fsp3) is 0.222. The number of hydrogen-bond acceptors (Lipinski definition) is 2. The molecule has 2 N–H and O–H groups in total. The summed E-state index contributed by atoms with van der Waals surface area (Å²) >= 11 is 3.36. The Kier molecular flexibility index (Phi) is 3.45. The smallest absolute Gasteiger partial charge is 0.247 e. The molecule has 0 fully saturated rings. The molecule has 0 aromatic heterocycles. The van der Waals surface area contributed by atoms with Crippen LogP contribution in [0.3, 0.4) is 0 Å². The quantitative estimate of drug-likeness (QED) is 0.615. The van der Waals surface area contributed by atoms with Crippen LogP contribution in [0.15, 0.2) is 22.7 Å². The van der Waals surface area contributed by atoms with E-state index >= 15 is 0 Å². The number of amides is 1. The molecular formula is C9H10BrNO2. The molecule has 0 heterocycles. The van der Waals surface area contributed by atoms with Crippen LogP contribution in [-0.4, -0.2) is 11.1 Å². The van der Waals surface area contributed by atoms with Crippen LogP contribution < -0.4 is 5.48 Å². The van der Waals surface area contributed by atoms with Gasteiger partial charge < -0.3 is 0 Å². The third-order valence-corrected chi connectivity index (χ3v) is 2.58. The van der Waals surface area contributed by atoms with E-state index < -0.39 is 5.91 Å². The Hall–Kier alpha value is -0.870. The van der Waals surface area contributed by atoms with Crippen molar-refractivity contribution in [1.29, 1.82) is 0 Å². The fourth-order valence-electron chi connectivity index (χ4n) is 0.971. The Morgan fingerprint density at radius 1 is 1.62 bits per heavy atom. The Labute approximate surface area is 84.9 Å². The summed E-state index contributed by atoms with van der Waals surface area (Å²) in [5.74, 6) is -0.407. The topological polar surface area (TPSA) is 49.3 Å². The highest BCUT2D eigenvalue weighted by atomic mass is 79.9. The molecule has 0 atom stereocenters. The first-order valence-corrected chi connectivity index (χ1v) is 4.60. The van der Waals surface area contributed by atoms with E-state index in [-0.39, 0.29) is 6.42 Å². The number of benzene rings is 1. The molecule has 0 radical (unpaired) electrons. The summed E-state index contributed by atoms with van der Waals surface area (Å²) in [6.45, 7) is 1.97. The lowest BCUT2D eigenvalue weighted by molar-refractivity contribution is -0.128. The van der Waals surface area contributed by atoms with Gasteiger partial charge in [0.1, 0.15) is 0 Å². The van der Waals surface area contributed by atoms with Crippen molar-refractivity contribution in [2.75, 3.05) is 0 Å². The van der Waals surface area contributed by atoms with Gasteiger partial charge in [-0.25, -0.2) is 5.48 Å². The minimum Gasteiger partial charge on any atom is -0.289 e. The van der Waals surface area contributed by atoms with Crippen LogP contribution in [0.4, 0.5) is 0 Å². The molecule has 1 aromatic rings. The highest BCUT2D eigenvalue weighted by molar-refractivity contribution is 9.10. The van der Waals surface area contributed by atoms with E-state index in [2.05, 4.69) is 15.9 Å². The Morgan fingerprint density at radius 2 is 2.31 bits per heavy atom. The molecule has 0 spiro atoms. The van der Waals surface area contributed by atoms with Crippen molar-refractivity contribution in [2.24, 2.45) is 0 Å². The Balaban J connectivity index is 2.79. The van der Waals surface area contributed by atoms with Crippen LogP contribution in [0.2, 0.25) is 0 Å². The van der Waals surface area contributed by atoms with Gasteiger partial charge in [-0.3, -0.25) is 10.0 Å². The van der Waals surface area contributed by atoms with E-state index in [0.29, 0.717) is 0 Å². The lowest BCUT2D eigenvalue weighted by Crippen LogP contribution is -2.20. The zero-order valence-corrected chi connectivity index (χ0v) is 8.76. The first-order valence-electron chi connectivity index (χ1n) is 3.81. The standard InChI is InChI=1S/C9H10BrNO2/c1-6-2-3-7(4-8(6)10)5-9(12)11-13/h2-4,13H,5H2,1H3,(H,11,12). The van der Waals surface area contributed by atoms with Crippen LogP contribution in [-0.2, 0) is 11.2 Å². The van der Waals surface area contributed by atoms with Gasteiger partial charge in [0.25, 0.3) is 0 Å². The Morgan fingerprint density at radius 3 is 2.85 bits per heavy atom. The SMILES string of the molecule is Cc1ccc(CC(=O)NO)cc1Br. The molecule has 0 aliphatic rings. The van der Waals surface area contributed by atoms with E-state index in [1.807, 2.05) is 25.1 Å². The van der Waals surface area contributed by atoms with Crippen molar-refractivity contribution >= 4 is 21.8 Å². The molecule has 0 saturated heterocycles. The van der Waals surface area contributed by atoms with Crippen molar-refractivity contribution in [3.05, 3.63) is 33.8 Å². The maximum atomic E-state index is 10.8. The van der Waals surface area contributed by atoms with Gasteiger partial charge in [0.05, 0.1) is 6.42 Å². The first-order chi connectivity index (χ1) is 6.13. The molecule has 0 bridgehead atoms. The van der Waals surface area contributed by atoms with Crippen molar-refractivity contribution in [1.82, 2.24) is 5.48 Å². The third kappa shape index (κ3) is 2.82. The average Bonchev–Trinajstić information content (AvgIpc) is 2.11. The van der Waals surface area contributed by atoms with Gasteiger partial charge in [0.15, 0.2) is 0 Å². The number of nitrogens with one attached hydrogen (secondary N) is 1. The number of hydrogen-bond donors (Lipinski definition) is 2. The van der Waals surface area contributed by atoms with Crippen LogP contribution in [0, 0.1) is 6.92 Å². The van der Waals surface area contributed by atoms with E-state index in [9.17, 15) is 4.79 Å². The van der Waals surface area contributed by atoms with Gasteiger partial charge in [-0.2, -0.15) is 0 Å². The number of rotatable bonds is 2. The number of halogens is 1. The van der Waals surface area contributed by atoms with E-state index in [0.717, 1.165) is 15.6 Å². The summed E-state index contributed by atoms with van der Waals surface area (Å²) in [5.41, 5.74) is 3.58. The van der Waals surface area contributed by atoms with Crippen molar-refractivity contribution in [3.8, 4) is 0 Å². The number of aryl methyl sites for hydroxylation is 1. The predicted molar refractivity (Wildman–Crippen MR) is 52.5 cm³/mol. The number of hydroxylamine groups is 1. The molecule has 1 amide bonds. The molecule has 0 unspecified atom stereocenters. The first kappa shape index (κ1) is 10.2. The minimum atomic E-state index is -0.407. The monoisotopic (exact) mass is 243 g/mol. The largest absolute Gasteiger partial charge is 0.289 e. The Bertz CT molecular complexity index is 325. The lowest BCUT2D eigenvalue weighted by Gasteiger charge is -2.02. The van der Waals surface area contributed by atoms with Gasteiger partial charge in [-0.15, -0.1) is 0 Å². The van der Waals surface area contributed by atoms with Gasteiger partial charge in [0, 0.05) is 4.47 Å². The van der Waals surface area contributed by atoms with Crippen molar-refractivity contribution in [2.45, 2.75) is 13.3 Å². The highest BCUT2D eigenvalue weighted by Gasteiger charge is 2.02. The number of carbonyl (C=O) groups is 1. The zero-order chi connectivity index (χ0) is 9.84. The molecule has 0 aliphatic carbocycles. The summed E-state index contributed by atoms with van der Waals surface area (Å²) in [7, 11) is 0. The summed E-state index contributed by atoms with van der Waals surface area (Å²) in [5, 5.41) is 8.31. The molecule has 0 aliphatic heterocycles. The average molecular weight is 244 g/mol. The predicted octanol–water partition coefficient (Wildman–Crippen LogP) is 1.81. The minimum absolute atomic E-state index is 0.190. The maximum absolute atomic E-state index is 10.8. The highest BCUT2D eigenvalue weighted by Crippen LogP contribution is 2.17. The molecule has 13 heavy (non-hydrogen) atoms. The third-order valence-electron chi connectivity index (χ3n) is 1.73. The second kappa shape index (κ2) is 4.39. The second-order valence-corrected chi connectivity index (χ2v) is 3.65. The van der Waals surface area contributed by atoms with Crippen molar-refractivity contribution in [3.63, 3.8) is 0 Å². The van der Waals surface area contributed by atoms with Crippen LogP contribution in [0.1, 0.15) is 11.1 Å². The molecular weight excluding hydrogens is 234 g/mol. The van der Waals surface area contributed by atoms with Gasteiger partial charge in [-0.05, 0) is 24.1 Å². The summed E-state index contributed by atoms with van der Waals surface area (Å²) in [6, 6.07) is 5.64.